The molecule has 32 heavy (non-hydrogen) atoms. The zero-order valence-corrected chi connectivity index (χ0v) is 17.6. The van der Waals surface area contributed by atoms with Crippen LogP contribution in [0, 0.1) is 11.3 Å². The summed E-state index contributed by atoms with van der Waals surface area (Å²) in [4.78, 5) is 28.8. The van der Waals surface area contributed by atoms with Crippen LogP contribution in [0.4, 0.5) is 5.69 Å². The van der Waals surface area contributed by atoms with Crippen LogP contribution in [-0.4, -0.2) is 32.7 Å². The number of amides is 1. The number of esters is 1. The second-order valence-corrected chi connectivity index (χ2v) is 7.32. The van der Waals surface area contributed by atoms with Crippen molar-refractivity contribution >= 4 is 17.6 Å². The topological polar surface area (TPSA) is 115 Å². The molecule has 0 bridgehead atoms. The van der Waals surface area contributed by atoms with Gasteiger partial charge in [0.1, 0.15) is 29.6 Å². The molecular weight excluding hydrogens is 410 g/mol. The number of nitriles is 1. The van der Waals surface area contributed by atoms with Gasteiger partial charge in [0.15, 0.2) is 5.41 Å². The quantitative estimate of drug-likeness (QED) is 0.722. The number of ether oxygens (including phenoxy) is 3. The van der Waals surface area contributed by atoms with Gasteiger partial charge < -0.3 is 24.8 Å². The maximum atomic E-state index is 14.2. The molecule has 2 aliphatic heterocycles. The van der Waals surface area contributed by atoms with Crippen molar-refractivity contribution in [3.8, 4) is 6.07 Å². The van der Waals surface area contributed by atoms with Crippen molar-refractivity contribution in [3.05, 3.63) is 88.5 Å². The third-order valence-corrected chi connectivity index (χ3v) is 5.63. The molecule has 8 nitrogen and oxygen atoms in total. The third kappa shape index (κ3) is 2.94. The lowest BCUT2D eigenvalue weighted by Gasteiger charge is -2.35. The van der Waals surface area contributed by atoms with E-state index < -0.39 is 17.3 Å². The van der Waals surface area contributed by atoms with E-state index in [1.807, 2.05) is 36.4 Å². The summed E-state index contributed by atoms with van der Waals surface area (Å²) in [6, 6.07) is 18.5. The largest absolute Gasteiger partial charge is 0.466 e. The number of hydrogen-bond donors (Lipinski definition) is 1. The fraction of sp³-hybridized carbons (Fsp3) is 0.208. The van der Waals surface area contributed by atoms with Crippen molar-refractivity contribution in [2.75, 3.05) is 25.7 Å². The van der Waals surface area contributed by atoms with Crippen LogP contribution in [0.5, 0.6) is 0 Å². The van der Waals surface area contributed by atoms with E-state index in [1.165, 1.54) is 14.2 Å². The minimum Gasteiger partial charge on any atom is -0.466 e. The summed E-state index contributed by atoms with van der Waals surface area (Å²) in [6.45, 7) is 0.103. The summed E-state index contributed by atoms with van der Waals surface area (Å²) in [5.41, 5.74) is 5.95. The normalized spacial score (nSPS) is 19.7. The number of carbonyl (C=O) groups excluding carboxylic acids is 2. The molecule has 0 unspecified atom stereocenters. The van der Waals surface area contributed by atoms with Crippen LogP contribution < -0.4 is 10.6 Å². The first-order valence-corrected chi connectivity index (χ1v) is 9.85. The molecule has 1 spiro atoms. The van der Waals surface area contributed by atoms with Crippen LogP contribution in [0.3, 0.4) is 0 Å². The van der Waals surface area contributed by atoms with Crippen LogP contribution in [0.25, 0.3) is 0 Å². The van der Waals surface area contributed by atoms with Crippen LogP contribution in [-0.2, 0) is 35.8 Å². The van der Waals surface area contributed by atoms with Gasteiger partial charge in [0.25, 0.3) is 0 Å². The average Bonchev–Trinajstić information content (AvgIpc) is 3.03. The lowest BCUT2D eigenvalue weighted by atomic mass is 9.68. The minimum atomic E-state index is -1.80. The number of para-hydroxylation sites is 1. The van der Waals surface area contributed by atoms with Gasteiger partial charge >= 0.3 is 5.97 Å². The molecule has 2 aliphatic rings. The van der Waals surface area contributed by atoms with E-state index in [1.54, 1.807) is 29.2 Å². The molecule has 0 aliphatic carbocycles. The molecule has 0 saturated carbocycles. The minimum absolute atomic E-state index is 0.0283. The Hall–Kier alpha value is -4.09. The number of carbonyl (C=O) groups is 2. The fourth-order valence-corrected chi connectivity index (χ4v) is 4.35. The molecule has 2 aromatic carbocycles. The summed E-state index contributed by atoms with van der Waals surface area (Å²) in [5.74, 6) is -1.51. The van der Waals surface area contributed by atoms with E-state index in [9.17, 15) is 14.9 Å². The predicted octanol–water partition coefficient (Wildman–Crippen LogP) is 2.27. The van der Waals surface area contributed by atoms with Crippen molar-refractivity contribution in [2.45, 2.75) is 12.0 Å². The van der Waals surface area contributed by atoms with Gasteiger partial charge in [0.05, 0.1) is 13.7 Å². The van der Waals surface area contributed by atoms with Crippen LogP contribution in [0.15, 0.2) is 77.4 Å². The molecule has 4 rings (SSSR count). The first-order valence-electron chi connectivity index (χ1n) is 9.85. The van der Waals surface area contributed by atoms with Crippen molar-refractivity contribution in [1.82, 2.24) is 0 Å². The molecule has 1 amide bonds. The van der Waals surface area contributed by atoms with Gasteiger partial charge in [-0.25, -0.2) is 4.79 Å². The Morgan fingerprint density at radius 1 is 1.16 bits per heavy atom. The second-order valence-electron chi connectivity index (χ2n) is 7.32. The van der Waals surface area contributed by atoms with E-state index in [0.717, 1.165) is 5.56 Å². The third-order valence-electron chi connectivity index (χ3n) is 5.63. The molecule has 2 aromatic rings. The maximum Gasteiger partial charge on any atom is 0.339 e. The second kappa shape index (κ2) is 8.21. The van der Waals surface area contributed by atoms with E-state index in [2.05, 4.69) is 0 Å². The molecule has 0 fully saturated rings. The highest BCUT2D eigenvalue weighted by atomic mass is 16.5. The smallest absolute Gasteiger partial charge is 0.339 e. The molecule has 2 N–H and O–H groups in total. The number of nitrogens with two attached hydrogens (primary N) is 1. The number of hydrogen-bond acceptors (Lipinski definition) is 7. The molecule has 0 radical (unpaired) electrons. The number of rotatable bonds is 5. The van der Waals surface area contributed by atoms with Gasteiger partial charge in [-0.05, 0) is 11.6 Å². The average molecular weight is 431 g/mol. The highest BCUT2D eigenvalue weighted by molar-refractivity contribution is 6.18. The van der Waals surface area contributed by atoms with Crippen LogP contribution in [0.2, 0.25) is 0 Å². The number of anilines is 1. The number of benzene rings is 2. The summed E-state index contributed by atoms with van der Waals surface area (Å²) in [7, 11) is 2.62. The van der Waals surface area contributed by atoms with Crippen molar-refractivity contribution in [2.24, 2.45) is 5.73 Å². The maximum absolute atomic E-state index is 14.2. The highest BCUT2D eigenvalue weighted by Gasteiger charge is 2.62. The van der Waals surface area contributed by atoms with Gasteiger partial charge in [0.2, 0.25) is 11.8 Å². The van der Waals surface area contributed by atoms with Gasteiger partial charge in [-0.2, -0.15) is 5.26 Å². The Labute approximate surface area is 185 Å². The Morgan fingerprint density at radius 3 is 2.50 bits per heavy atom. The first kappa shape index (κ1) is 21.2. The summed E-state index contributed by atoms with van der Waals surface area (Å²) < 4.78 is 15.8. The monoisotopic (exact) mass is 431 g/mol. The molecule has 0 saturated heterocycles. The van der Waals surface area contributed by atoms with E-state index in [-0.39, 0.29) is 35.9 Å². The molecule has 2 heterocycles. The zero-order chi connectivity index (χ0) is 22.9. The lowest BCUT2D eigenvalue weighted by molar-refractivity contribution is -0.138. The molecule has 0 aromatic heterocycles. The molecule has 1 atom stereocenters. The van der Waals surface area contributed by atoms with Crippen molar-refractivity contribution in [1.29, 1.82) is 5.26 Å². The Balaban J connectivity index is 2.03. The zero-order valence-electron chi connectivity index (χ0n) is 17.6. The van der Waals surface area contributed by atoms with Crippen molar-refractivity contribution < 1.29 is 23.8 Å². The van der Waals surface area contributed by atoms with Gasteiger partial charge in [-0.3, -0.25) is 4.79 Å². The Kier molecular flexibility index (Phi) is 5.43. The lowest BCUT2D eigenvalue weighted by Crippen LogP contribution is -2.48. The summed E-state index contributed by atoms with van der Waals surface area (Å²) in [6.07, 6.45) is 0. The molecule has 8 heteroatoms. The summed E-state index contributed by atoms with van der Waals surface area (Å²) in [5, 5.41) is 10.1. The van der Waals surface area contributed by atoms with E-state index >= 15 is 0 Å². The van der Waals surface area contributed by atoms with E-state index in [0.29, 0.717) is 11.3 Å². The molecule has 162 valence electrons. The van der Waals surface area contributed by atoms with E-state index in [4.69, 9.17) is 19.9 Å². The SMILES string of the molecule is COCC1=C(C(=O)OC)[C@@]2(C(=O)N(Cc3ccccc3)c3ccccc32)C(C#N)=C(N)O1. The Bertz CT molecular complexity index is 1200. The number of methoxy groups -OCH3 is 2. The van der Waals surface area contributed by atoms with Crippen LogP contribution in [0.1, 0.15) is 11.1 Å². The summed E-state index contributed by atoms with van der Waals surface area (Å²) >= 11 is 0. The standard InChI is InChI=1S/C24H21N3O5/c1-30-14-19-20(22(28)31-2)24(17(12-25)21(26)32-19)16-10-6-7-11-18(16)27(23(24)29)13-15-8-4-3-5-9-15/h3-11H,13-14,26H2,1-2H3/t24-/m0/s1. The number of nitrogens with zero attached hydrogens (tertiary/aromatic N) is 2. The van der Waals surface area contributed by atoms with Crippen LogP contribution >= 0.6 is 0 Å². The highest BCUT2D eigenvalue weighted by Crippen LogP contribution is 2.54. The predicted molar refractivity (Wildman–Crippen MR) is 115 cm³/mol. The molecular formula is C24H21N3O5. The fourth-order valence-electron chi connectivity index (χ4n) is 4.35. The van der Waals surface area contributed by atoms with Gasteiger partial charge in [-0.15, -0.1) is 0 Å². The van der Waals surface area contributed by atoms with Gasteiger partial charge in [-0.1, -0.05) is 48.5 Å². The Morgan fingerprint density at radius 2 is 1.84 bits per heavy atom. The van der Waals surface area contributed by atoms with Crippen molar-refractivity contribution in [3.63, 3.8) is 0 Å². The van der Waals surface area contributed by atoms with Gasteiger partial charge in [0, 0.05) is 18.4 Å². The number of fused-ring (bicyclic) bond motifs is 2. The first-order chi connectivity index (χ1) is 15.5.